The molecule has 2 aromatic rings. The highest BCUT2D eigenvalue weighted by molar-refractivity contribution is 6.30. The second-order valence-corrected chi connectivity index (χ2v) is 8.95. The standard InChI is InChI=1S/C26H35ClN2O3/c1-4-6-20(2)26(30)29-15-13-28(14-16-29)18-25(22-9-11-23(27)12-10-22)32-19-21-7-5-8-24(17-21)31-3/h5,7-12,17,20,25H,4,6,13-16,18-19H2,1-3H3/t20-,25+/m0/s1. The zero-order valence-electron chi connectivity index (χ0n) is 19.4. The monoisotopic (exact) mass is 458 g/mol. The van der Waals surface area contributed by atoms with E-state index in [1.54, 1.807) is 7.11 Å². The Kier molecular flexibility index (Phi) is 9.39. The van der Waals surface area contributed by atoms with E-state index in [0.29, 0.717) is 11.6 Å². The van der Waals surface area contributed by atoms with Gasteiger partial charge in [-0.1, -0.05) is 56.1 Å². The van der Waals surface area contributed by atoms with Crippen LogP contribution in [-0.4, -0.2) is 55.5 Å². The van der Waals surface area contributed by atoms with Crippen LogP contribution in [0.15, 0.2) is 48.5 Å². The number of ether oxygens (including phenoxy) is 2. The summed E-state index contributed by atoms with van der Waals surface area (Å²) in [7, 11) is 1.67. The second-order valence-electron chi connectivity index (χ2n) is 8.52. The van der Waals surface area contributed by atoms with Crippen LogP contribution in [0, 0.1) is 5.92 Å². The molecule has 1 aliphatic heterocycles. The number of carbonyl (C=O) groups is 1. The third-order valence-corrected chi connectivity index (χ3v) is 6.33. The number of nitrogens with zero attached hydrogens (tertiary/aromatic N) is 2. The molecule has 5 nitrogen and oxygen atoms in total. The Hall–Kier alpha value is -2.08. The third kappa shape index (κ3) is 6.96. The highest BCUT2D eigenvalue weighted by atomic mass is 35.5. The van der Waals surface area contributed by atoms with E-state index in [0.717, 1.165) is 62.4 Å². The van der Waals surface area contributed by atoms with Gasteiger partial charge in [-0.25, -0.2) is 0 Å². The number of halogens is 1. The van der Waals surface area contributed by atoms with E-state index < -0.39 is 0 Å². The molecule has 174 valence electrons. The molecule has 1 fully saturated rings. The second kappa shape index (κ2) is 12.2. The Morgan fingerprint density at radius 3 is 2.47 bits per heavy atom. The molecule has 0 N–H and O–H groups in total. The molecule has 0 unspecified atom stereocenters. The molecule has 0 saturated carbocycles. The van der Waals surface area contributed by atoms with Crippen LogP contribution >= 0.6 is 11.6 Å². The van der Waals surface area contributed by atoms with Crippen LogP contribution in [0.4, 0.5) is 0 Å². The minimum Gasteiger partial charge on any atom is -0.497 e. The minimum atomic E-state index is -0.0836. The van der Waals surface area contributed by atoms with Crippen LogP contribution in [0.3, 0.4) is 0 Å². The Labute approximate surface area is 197 Å². The fraction of sp³-hybridized carbons (Fsp3) is 0.500. The van der Waals surface area contributed by atoms with E-state index in [1.807, 2.05) is 60.4 Å². The molecular weight excluding hydrogens is 424 g/mol. The van der Waals surface area contributed by atoms with Crippen LogP contribution in [0.25, 0.3) is 0 Å². The molecule has 1 aliphatic rings. The van der Waals surface area contributed by atoms with Gasteiger partial charge >= 0.3 is 0 Å². The normalized spacial score (nSPS) is 16.6. The summed E-state index contributed by atoms with van der Waals surface area (Å²) in [6, 6.07) is 15.8. The smallest absolute Gasteiger partial charge is 0.225 e. The molecule has 32 heavy (non-hydrogen) atoms. The van der Waals surface area contributed by atoms with Crippen molar-refractivity contribution in [1.82, 2.24) is 9.80 Å². The molecule has 3 rings (SSSR count). The number of rotatable bonds is 10. The molecule has 1 saturated heterocycles. The van der Waals surface area contributed by atoms with Crippen LogP contribution in [0.2, 0.25) is 5.02 Å². The number of benzene rings is 2. The number of methoxy groups -OCH3 is 1. The predicted molar refractivity (Wildman–Crippen MR) is 129 cm³/mol. The maximum atomic E-state index is 12.6. The van der Waals surface area contributed by atoms with E-state index in [2.05, 4.69) is 11.8 Å². The first kappa shape index (κ1) is 24.6. The Morgan fingerprint density at radius 2 is 1.81 bits per heavy atom. The van der Waals surface area contributed by atoms with E-state index in [9.17, 15) is 4.79 Å². The average Bonchev–Trinajstić information content (AvgIpc) is 2.82. The van der Waals surface area contributed by atoms with Gasteiger partial charge in [-0.05, 0) is 41.8 Å². The van der Waals surface area contributed by atoms with Gasteiger partial charge in [-0.3, -0.25) is 9.69 Å². The summed E-state index contributed by atoms with van der Waals surface area (Å²) in [4.78, 5) is 17.0. The van der Waals surface area contributed by atoms with Crippen LogP contribution in [0.5, 0.6) is 5.75 Å². The lowest BCUT2D eigenvalue weighted by atomic mass is 10.0. The van der Waals surface area contributed by atoms with Gasteiger partial charge in [0.15, 0.2) is 0 Å². The van der Waals surface area contributed by atoms with E-state index in [-0.39, 0.29) is 17.9 Å². The maximum Gasteiger partial charge on any atom is 0.225 e. The van der Waals surface area contributed by atoms with E-state index in [1.165, 1.54) is 0 Å². The zero-order chi connectivity index (χ0) is 22.9. The van der Waals surface area contributed by atoms with Crippen molar-refractivity contribution in [2.45, 2.75) is 39.4 Å². The van der Waals surface area contributed by atoms with E-state index >= 15 is 0 Å². The topological polar surface area (TPSA) is 42.0 Å². The first-order valence-corrected chi connectivity index (χ1v) is 11.9. The molecule has 1 amide bonds. The summed E-state index contributed by atoms with van der Waals surface area (Å²) >= 11 is 6.11. The van der Waals surface area contributed by atoms with Crippen molar-refractivity contribution in [2.24, 2.45) is 5.92 Å². The molecule has 0 aliphatic carbocycles. The SMILES string of the molecule is CCC[C@H](C)C(=O)N1CCN(C[C@@H](OCc2cccc(OC)c2)c2ccc(Cl)cc2)CC1. The Balaban J connectivity index is 1.62. The lowest BCUT2D eigenvalue weighted by Crippen LogP contribution is -2.50. The van der Waals surface area contributed by atoms with Crippen molar-refractivity contribution >= 4 is 17.5 Å². The number of hydrogen-bond acceptors (Lipinski definition) is 4. The van der Waals surface area contributed by atoms with Crippen LogP contribution in [0.1, 0.15) is 43.9 Å². The summed E-state index contributed by atoms with van der Waals surface area (Å²) in [5.41, 5.74) is 2.18. The summed E-state index contributed by atoms with van der Waals surface area (Å²) in [6.07, 6.45) is 1.91. The molecule has 0 bridgehead atoms. The molecule has 0 spiro atoms. The fourth-order valence-corrected chi connectivity index (χ4v) is 4.27. The molecule has 1 heterocycles. The summed E-state index contributed by atoms with van der Waals surface area (Å²) in [5.74, 6) is 1.22. The van der Waals surface area contributed by atoms with Crippen LogP contribution < -0.4 is 4.74 Å². The molecule has 6 heteroatoms. The van der Waals surface area contributed by atoms with Crippen molar-refractivity contribution in [3.63, 3.8) is 0 Å². The molecule has 0 aromatic heterocycles. The van der Waals surface area contributed by atoms with Crippen molar-refractivity contribution in [3.8, 4) is 5.75 Å². The highest BCUT2D eigenvalue weighted by Crippen LogP contribution is 2.24. The van der Waals surface area contributed by atoms with Gasteiger partial charge in [-0.15, -0.1) is 0 Å². The predicted octanol–water partition coefficient (Wildman–Crippen LogP) is 5.19. The number of amides is 1. The van der Waals surface area contributed by atoms with Crippen LogP contribution in [-0.2, 0) is 16.1 Å². The lowest BCUT2D eigenvalue weighted by Gasteiger charge is -2.37. The first-order valence-electron chi connectivity index (χ1n) is 11.5. The lowest BCUT2D eigenvalue weighted by molar-refractivity contribution is -0.137. The van der Waals surface area contributed by atoms with Gasteiger partial charge < -0.3 is 14.4 Å². The van der Waals surface area contributed by atoms with Crippen molar-refractivity contribution in [2.75, 3.05) is 39.8 Å². The molecule has 2 atom stereocenters. The van der Waals surface area contributed by atoms with Gasteiger partial charge in [0.2, 0.25) is 5.91 Å². The third-order valence-electron chi connectivity index (χ3n) is 6.08. The minimum absolute atomic E-state index is 0.0836. The van der Waals surface area contributed by atoms with Gasteiger partial charge in [0.1, 0.15) is 5.75 Å². The van der Waals surface area contributed by atoms with Crippen molar-refractivity contribution < 1.29 is 14.3 Å². The average molecular weight is 459 g/mol. The quantitative estimate of drug-likeness (QED) is 0.491. The highest BCUT2D eigenvalue weighted by Gasteiger charge is 2.26. The summed E-state index contributed by atoms with van der Waals surface area (Å²) in [6.45, 7) is 8.71. The zero-order valence-corrected chi connectivity index (χ0v) is 20.2. The molecule has 2 aromatic carbocycles. The van der Waals surface area contributed by atoms with Crippen molar-refractivity contribution in [3.05, 3.63) is 64.7 Å². The van der Waals surface area contributed by atoms with Gasteiger partial charge in [-0.2, -0.15) is 0 Å². The fourth-order valence-electron chi connectivity index (χ4n) is 4.14. The first-order chi connectivity index (χ1) is 15.5. The van der Waals surface area contributed by atoms with E-state index in [4.69, 9.17) is 21.1 Å². The summed E-state index contributed by atoms with van der Waals surface area (Å²) < 4.78 is 11.7. The van der Waals surface area contributed by atoms with Crippen molar-refractivity contribution in [1.29, 1.82) is 0 Å². The number of piperazine rings is 1. The Bertz CT molecular complexity index is 850. The number of hydrogen-bond donors (Lipinski definition) is 0. The largest absolute Gasteiger partial charge is 0.497 e. The van der Waals surface area contributed by atoms with Gasteiger partial charge in [0.25, 0.3) is 0 Å². The maximum absolute atomic E-state index is 12.6. The van der Waals surface area contributed by atoms with Gasteiger partial charge in [0, 0.05) is 43.7 Å². The number of carbonyl (C=O) groups excluding carboxylic acids is 1. The molecule has 0 radical (unpaired) electrons. The molecular formula is C26H35ClN2O3. The van der Waals surface area contributed by atoms with Gasteiger partial charge in [0.05, 0.1) is 19.8 Å². The summed E-state index contributed by atoms with van der Waals surface area (Å²) in [5, 5.41) is 0.716. The Morgan fingerprint density at radius 1 is 1.09 bits per heavy atom.